The van der Waals surface area contributed by atoms with E-state index in [0.717, 1.165) is 0 Å². The van der Waals surface area contributed by atoms with E-state index >= 15 is 0 Å². The third-order valence-electron chi connectivity index (χ3n) is 2.86. The first kappa shape index (κ1) is 13.5. The number of benzene rings is 1. The van der Waals surface area contributed by atoms with Gasteiger partial charge in [-0.2, -0.15) is 0 Å². The van der Waals surface area contributed by atoms with Crippen LogP contribution in [0.1, 0.15) is 6.42 Å². The summed E-state index contributed by atoms with van der Waals surface area (Å²) in [6.45, 7) is 0. The highest BCUT2D eigenvalue weighted by molar-refractivity contribution is 9.10. The normalized spacial score (nSPS) is 20.7. The zero-order valence-electron chi connectivity index (χ0n) is 9.50. The van der Waals surface area contributed by atoms with Crippen molar-refractivity contribution in [2.24, 2.45) is 11.8 Å². The minimum absolute atomic E-state index is 0.104. The Morgan fingerprint density at radius 1 is 1.42 bits per heavy atom. The van der Waals surface area contributed by atoms with Gasteiger partial charge in [0.05, 0.1) is 21.2 Å². The van der Waals surface area contributed by atoms with Gasteiger partial charge in [0.15, 0.2) is 0 Å². The number of nitro benzene ring substituents is 1. The van der Waals surface area contributed by atoms with Crippen LogP contribution in [0, 0.1) is 22.0 Å². The Balaban J connectivity index is 2.04. The van der Waals surface area contributed by atoms with Crippen LogP contribution < -0.4 is 5.32 Å². The lowest BCUT2D eigenvalue weighted by molar-refractivity contribution is -0.385. The van der Waals surface area contributed by atoms with Crippen molar-refractivity contribution in [2.75, 3.05) is 5.32 Å². The number of carboxylic acid groups (broad SMARTS) is 1. The average Bonchev–Trinajstić information content (AvgIpc) is 3.08. The van der Waals surface area contributed by atoms with E-state index in [4.69, 9.17) is 5.11 Å². The fourth-order valence-electron chi connectivity index (χ4n) is 1.73. The maximum Gasteiger partial charge on any atom is 0.307 e. The van der Waals surface area contributed by atoms with Gasteiger partial charge < -0.3 is 10.4 Å². The monoisotopic (exact) mass is 328 g/mol. The fraction of sp³-hybridized carbons (Fsp3) is 0.273. The molecule has 2 atom stereocenters. The summed E-state index contributed by atoms with van der Waals surface area (Å²) >= 11 is 3.04. The molecule has 1 amide bonds. The molecule has 1 aromatic carbocycles. The molecule has 19 heavy (non-hydrogen) atoms. The summed E-state index contributed by atoms with van der Waals surface area (Å²) < 4.78 is 0.251. The van der Waals surface area contributed by atoms with E-state index in [0.29, 0.717) is 12.1 Å². The van der Waals surface area contributed by atoms with Crippen LogP contribution in [0.4, 0.5) is 11.4 Å². The highest BCUT2D eigenvalue weighted by atomic mass is 79.9. The molecule has 2 rings (SSSR count). The first-order chi connectivity index (χ1) is 8.90. The van der Waals surface area contributed by atoms with Crippen LogP contribution in [0.2, 0.25) is 0 Å². The highest BCUT2D eigenvalue weighted by Gasteiger charge is 2.48. The van der Waals surface area contributed by atoms with Crippen LogP contribution in [0.25, 0.3) is 0 Å². The molecule has 1 saturated carbocycles. The van der Waals surface area contributed by atoms with Gasteiger partial charge in [0.2, 0.25) is 5.91 Å². The number of carbonyl (C=O) groups is 2. The van der Waals surface area contributed by atoms with Gasteiger partial charge >= 0.3 is 5.97 Å². The molecule has 1 aromatic rings. The molecule has 0 radical (unpaired) electrons. The Morgan fingerprint density at radius 2 is 2.11 bits per heavy atom. The minimum atomic E-state index is -0.981. The number of nitro groups is 1. The van der Waals surface area contributed by atoms with E-state index in [1.54, 1.807) is 0 Å². The lowest BCUT2D eigenvalue weighted by atomic mass is 10.2. The van der Waals surface area contributed by atoms with Gasteiger partial charge in [-0.15, -0.1) is 0 Å². The molecule has 1 aliphatic carbocycles. The summed E-state index contributed by atoms with van der Waals surface area (Å²) in [6.07, 6.45) is 0.329. The highest BCUT2D eigenvalue weighted by Crippen LogP contribution is 2.39. The van der Waals surface area contributed by atoms with Crippen molar-refractivity contribution in [2.45, 2.75) is 6.42 Å². The molecular formula is C11H9BrN2O5. The molecule has 8 heteroatoms. The zero-order chi connectivity index (χ0) is 14.2. The molecule has 0 saturated heterocycles. The summed E-state index contributed by atoms with van der Waals surface area (Å²) in [5, 5.41) is 21.9. The molecule has 7 nitrogen and oxygen atoms in total. The predicted molar refractivity (Wildman–Crippen MR) is 68.7 cm³/mol. The molecular weight excluding hydrogens is 320 g/mol. The lowest BCUT2D eigenvalue weighted by Crippen LogP contribution is -2.16. The second-order valence-corrected chi connectivity index (χ2v) is 5.05. The number of rotatable bonds is 4. The topological polar surface area (TPSA) is 110 Å². The number of carboxylic acids is 1. The summed E-state index contributed by atoms with van der Waals surface area (Å²) in [6, 6.07) is 4.08. The second kappa shape index (κ2) is 4.96. The number of carbonyl (C=O) groups excluding carboxylic acids is 1. The fourth-order valence-corrected chi connectivity index (χ4v) is 2.25. The van der Waals surface area contributed by atoms with Gasteiger partial charge in [-0.3, -0.25) is 19.7 Å². The Kier molecular flexibility index (Phi) is 3.52. The van der Waals surface area contributed by atoms with E-state index < -0.39 is 22.7 Å². The third-order valence-corrected chi connectivity index (χ3v) is 3.49. The standard InChI is InChI=1S/C11H9BrN2O5/c12-8-3-5(1-2-9(8)14(18)19)13-10(15)6-4-7(6)11(16)17/h1-3,6-7H,4H2,(H,13,15)(H,16,17). The van der Waals surface area contributed by atoms with Crippen molar-refractivity contribution in [3.05, 3.63) is 32.8 Å². The summed E-state index contributed by atoms with van der Waals surface area (Å²) in [5.41, 5.74) is 0.284. The van der Waals surface area contributed by atoms with E-state index in [-0.39, 0.29) is 16.1 Å². The third kappa shape index (κ3) is 2.90. The zero-order valence-corrected chi connectivity index (χ0v) is 11.1. The number of nitrogens with zero attached hydrogens (tertiary/aromatic N) is 1. The molecule has 1 fully saturated rings. The Bertz CT molecular complexity index is 574. The maximum absolute atomic E-state index is 11.7. The SMILES string of the molecule is O=C(O)C1CC1C(=O)Nc1ccc([N+](=O)[O-])c(Br)c1. The van der Waals surface area contributed by atoms with E-state index in [1.165, 1.54) is 18.2 Å². The first-order valence-electron chi connectivity index (χ1n) is 5.37. The first-order valence-corrected chi connectivity index (χ1v) is 6.17. The number of nitrogens with one attached hydrogen (secondary N) is 1. The van der Waals surface area contributed by atoms with E-state index in [2.05, 4.69) is 21.2 Å². The van der Waals surface area contributed by atoms with Crippen molar-refractivity contribution in [3.8, 4) is 0 Å². The summed E-state index contributed by atoms with van der Waals surface area (Å²) in [7, 11) is 0. The van der Waals surface area contributed by atoms with Gasteiger partial charge in [-0.05, 0) is 34.5 Å². The number of anilines is 1. The maximum atomic E-state index is 11.7. The van der Waals surface area contributed by atoms with Gasteiger partial charge in [-0.1, -0.05) is 0 Å². The second-order valence-electron chi connectivity index (χ2n) is 4.20. The molecule has 100 valence electrons. The Labute approximate surface area is 115 Å². The average molecular weight is 329 g/mol. The van der Waals surface area contributed by atoms with Gasteiger partial charge in [0, 0.05) is 11.8 Å². The number of halogens is 1. The smallest absolute Gasteiger partial charge is 0.307 e. The van der Waals surface area contributed by atoms with Crippen molar-refractivity contribution in [1.82, 2.24) is 0 Å². The van der Waals surface area contributed by atoms with Crippen LogP contribution in [-0.4, -0.2) is 21.9 Å². The largest absolute Gasteiger partial charge is 0.481 e. The van der Waals surface area contributed by atoms with Gasteiger partial charge in [-0.25, -0.2) is 0 Å². The minimum Gasteiger partial charge on any atom is -0.481 e. The summed E-state index contributed by atoms with van der Waals surface area (Å²) in [5.74, 6) is -2.51. The van der Waals surface area contributed by atoms with Gasteiger partial charge in [0.25, 0.3) is 5.69 Å². The molecule has 0 bridgehead atoms. The Hall–Kier alpha value is -1.96. The van der Waals surface area contributed by atoms with Crippen molar-refractivity contribution < 1.29 is 19.6 Å². The van der Waals surface area contributed by atoms with Crippen LogP contribution >= 0.6 is 15.9 Å². The van der Waals surface area contributed by atoms with Crippen molar-refractivity contribution >= 4 is 39.2 Å². The van der Waals surface area contributed by atoms with Crippen LogP contribution in [0.15, 0.2) is 22.7 Å². The number of amides is 1. The number of hydrogen-bond acceptors (Lipinski definition) is 4. The number of hydrogen-bond donors (Lipinski definition) is 2. The molecule has 2 unspecified atom stereocenters. The van der Waals surface area contributed by atoms with Crippen LogP contribution in [0.3, 0.4) is 0 Å². The predicted octanol–water partition coefficient (Wildman–Crippen LogP) is 2.02. The van der Waals surface area contributed by atoms with E-state index in [9.17, 15) is 19.7 Å². The summed E-state index contributed by atoms with van der Waals surface area (Å²) in [4.78, 5) is 32.4. The van der Waals surface area contributed by atoms with Crippen molar-refractivity contribution in [3.63, 3.8) is 0 Å². The Morgan fingerprint density at radius 3 is 2.58 bits per heavy atom. The van der Waals surface area contributed by atoms with E-state index in [1.807, 2.05) is 0 Å². The molecule has 0 aromatic heterocycles. The molecule has 0 aliphatic heterocycles. The quantitative estimate of drug-likeness (QED) is 0.649. The molecule has 0 heterocycles. The molecule has 2 N–H and O–H groups in total. The molecule has 1 aliphatic rings. The number of aliphatic carboxylic acids is 1. The van der Waals surface area contributed by atoms with Crippen molar-refractivity contribution in [1.29, 1.82) is 0 Å². The lowest BCUT2D eigenvalue weighted by Gasteiger charge is -2.05. The van der Waals surface area contributed by atoms with Crippen LogP contribution in [-0.2, 0) is 9.59 Å². The van der Waals surface area contributed by atoms with Gasteiger partial charge in [0.1, 0.15) is 0 Å². The van der Waals surface area contributed by atoms with Crippen LogP contribution in [0.5, 0.6) is 0 Å². The molecule has 0 spiro atoms.